The van der Waals surface area contributed by atoms with E-state index in [0.717, 1.165) is 23.3 Å². The zero-order valence-corrected chi connectivity index (χ0v) is 10.7. The Hall–Kier alpha value is -1.63. The molecule has 6 nitrogen and oxygen atoms in total. The summed E-state index contributed by atoms with van der Waals surface area (Å²) in [6.07, 6.45) is 1.69. The molecular formula is C13H19N3O3. The van der Waals surface area contributed by atoms with E-state index in [1.807, 2.05) is 22.8 Å². The Bertz CT molecular complexity index is 527. The lowest BCUT2D eigenvalue weighted by Crippen LogP contribution is -2.22. The van der Waals surface area contributed by atoms with E-state index in [0.29, 0.717) is 13.0 Å². The molecule has 1 aromatic heterocycles. The van der Waals surface area contributed by atoms with Crippen molar-refractivity contribution in [1.29, 1.82) is 0 Å². The van der Waals surface area contributed by atoms with E-state index in [9.17, 15) is 5.11 Å². The Morgan fingerprint density at radius 2 is 2.16 bits per heavy atom. The van der Waals surface area contributed by atoms with Crippen molar-refractivity contribution in [3.05, 3.63) is 24.5 Å². The van der Waals surface area contributed by atoms with Crippen molar-refractivity contribution in [3.63, 3.8) is 0 Å². The lowest BCUT2D eigenvalue weighted by molar-refractivity contribution is 0.105. The molecule has 0 saturated carbocycles. The lowest BCUT2D eigenvalue weighted by atomic mass is 10.2. The summed E-state index contributed by atoms with van der Waals surface area (Å²) in [5, 5.41) is 29.9. The van der Waals surface area contributed by atoms with Gasteiger partial charge in [-0.15, -0.1) is 0 Å². The van der Waals surface area contributed by atoms with Crippen LogP contribution in [0.25, 0.3) is 11.0 Å². The third-order valence-corrected chi connectivity index (χ3v) is 2.93. The second-order valence-corrected chi connectivity index (χ2v) is 4.44. The predicted octanol–water partition coefficient (Wildman–Crippen LogP) is 0.184. The number of aromatic nitrogens is 2. The van der Waals surface area contributed by atoms with Gasteiger partial charge in [-0.05, 0) is 24.6 Å². The molecule has 104 valence electrons. The van der Waals surface area contributed by atoms with Gasteiger partial charge in [-0.3, -0.25) is 0 Å². The summed E-state index contributed by atoms with van der Waals surface area (Å²) in [6, 6.07) is 5.76. The highest BCUT2D eigenvalue weighted by molar-refractivity contribution is 5.79. The Kier molecular flexibility index (Phi) is 4.73. The van der Waals surface area contributed by atoms with E-state index in [1.165, 1.54) is 0 Å². The average Bonchev–Trinajstić information content (AvgIpc) is 2.84. The smallest absolute Gasteiger partial charge is 0.0958 e. The molecule has 19 heavy (non-hydrogen) atoms. The molecule has 0 aliphatic rings. The SMILES string of the molecule is OCCCn1cnc2cc(NCC(O)CO)ccc21. The van der Waals surface area contributed by atoms with Crippen LogP contribution in [0.2, 0.25) is 0 Å². The number of anilines is 1. The maximum atomic E-state index is 9.28. The Morgan fingerprint density at radius 3 is 2.89 bits per heavy atom. The van der Waals surface area contributed by atoms with E-state index in [-0.39, 0.29) is 13.2 Å². The number of benzene rings is 1. The number of aryl methyl sites for hydroxylation is 1. The molecular weight excluding hydrogens is 246 g/mol. The van der Waals surface area contributed by atoms with E-state index < -0.39 is 6.10 Å². The van der Waals surface area contributed by atoms with Gasteiger partial charge < -0.3 is 25.2 Å². The second kappa shape index (κ2) is 6.51. The molecule has 0 amide bonds. The Morgan fingerprint density at radius 1 is 1.32 bits per heavy atom. The van der Waals surface area contributed by atoms with Crippen molar-refractivity contribution in [2.24, 2.45) is 0 Å². The van der Waals surface area contributed by atoms with Gasteiger partial charge in [-0.1, -0.05) is 0 Å². The summed E-state index contributed by atoms with van der Waals surface area (Å²) in [6.45, 7) is 0.944. The summed E-state index contributed by atoms with van der Waals surface area (Å²) in [5.41, 5.74) is 2.73. The first-order valence-electron chi connectivity index (χ1n) is 6.33. The molecule has 0 radical (unpaired) electrons. The molecule has 1 atom stereocenters. The summed E-state index contributed by atoms with van der Waals surface area (Å²) in [7, 11) is 0. The number of aliphatic hydroxyl groups excluding tert-OH is 3. The van der Waals surface area contributed by atoms with Gasteiger partial charge in [0.2, 0.25) is 0 Å². The van der Waals surface area contributed by atoms with E-state index in [1.54, 1.807) is 6.33 Å². The van der Waals surface area contributed by atoms with Crippen molar-refractivity contribution >= 4 is 16.7 Å². The summed E-state index contributed by atoms with van der Waals surface area (Å²) in [4.78, 5) is 4.31. The fourth-order valence-corrected chi connectivity index (χ4v) is 1.89. The minimum absolute atomic E-state index is 0.165. The van der Waals surface area contributed by atoms with Gasteiger partial charge >= 0.3 is 0 Å². The first-order chi connectivity index (χ1) is 9.24. The van der Waals surface area contributed by atoms with Crippen LogP contribution in [0.4, 0.5) is 5.69 Å². The minimum Gasteiger partial charge on any atom is -0.396 e. The molecule has 0 fully saturated rings. The topological polar surface area (TPSA) is 90.5 Å². The van der Waals surface area contributed by atoms with E-state index in [2.05, 4.69) is 10.3 Å². The fourth-order valence-electron chi connectivity index (χ4n) is 1.89. The molecule has 1 heterocycles. The number of nitrogens with one attached hydrogen (secondary N) is 1. The van der Waals surface area contributed by atoms with Crippen LogP contribution in [-0.2, 0) is 6.54 Å². The maximum Gasteiger partial charge on any atom is 0.0958 e. The summed E-state index contributed by atoms with van der Waals surface area (Å²) >= 11 is 0. The second-order valence-electron chi connectivity index (χ2n) is 4.44. The molecule has 0 bridgehead atoms. The van der Waals surface area contributed by atoms with E-state index in [4.69, 9.17) is 10.2 Å². The normalized spacial score (nSPS) is 12.8. The van der Waals surface area contributed by atoms with Crippen LogP contribution in [0.5, 0.6) is 0 Å². The van der Waals surface area contributed by atoms with Gasteiger partial charge in [0, 0.05) is 25.4 Å². The Labute approximate surface area is 111 Å². The molecule has 4 N–H and O–H groups in total. The molecule has 0 aliphatic heterocycles. The Balaban J connectivity index is 2.09. The molecule has 1 unspecified atom stereocenters. The maximum absolute atomic E-state index is 9.28. The number of imidazole rings is 1. The number of hydrogen-bond acceptors (Lipinski definition) is 5. The van der Waals surface area contributed by atoms with Gasteiger partial charge in [0.05, 0.1) is 30.1 Å². The highest BCUT2D eigenvalue weighted by Crippen LogP contribution is 2.18. The van der Waals surface area contributed by atoms with Crippen molar-refractivity contribution < 1.29 is 15.3 Å². The van der Waals surface area contributed by atoms with Crippen molar-refractivity contribution in [3.8, 4) is 0 Å². The molecule has 0 aliphatic carbocycles. The molecule has 2 rings (SSSR count). The molecule has 1 aromatic carbocycles. The van der Waals surface area contributed by atoms with Crippen LogP contribution >= 0.6 is 0 Å². The quantitative estimate of drug-likeness (QED) is 0.573. The van der Waals surface area contributed by atoms with Gasteiger partial charge in [-0.2, -0.15) is 0 Å². The predicted molar refractivity (Wildman–Crippen MR) is 73.0 cm³/mol. The van der Waals surface area contributed by atoms with E-state index >= 15 is 0 Å². The first-order valence-corrected chi connectivity index (χ1v) is 6.33. The third kappa shape index (κ3) is 3.44. The number of aliphatic hydroxyl groups is 3. The van der Waals surface area contributed by atoms with Gasteiger partial charge in [-0.25, -0.2) is 4.98 Å². The van der Waals surface area contributed by atoms with Crippen LogP contribution in [0.3, 0.4) is 0 Å². The summed E-state index contributed by atoms with van der Waals surface area (Å²) < 4.78 is 2.00. The molecule has 0 spiro atoms. The third-order valence-electron chi connectivity index (χ3n) is 2.93. The van der Waals surface area contributed by atoms with Crippen molar-refractivity contribution in [2.45, 2.75) is 19.1 Å². The number of rotatable bonds is 7. The number of nitrogens with zero attached hydrogens (tertiary/aromatic N) is 2. The average molecular weight is 265 g/mol. The number of fused-ring (bicyclic) bond motifs is 1. The number of hydrogen-bond donors (Lipinski definition) is 4. The first kappa shape index (κ1) is 13.8. The van der Waals surface area contributed by atoms with Crippen LogP contribution in [-0.4, -0.2) is 50.7 Å². The van der Waals surface area contributed by atoms with Crippen LogP contribution in [0.1, 0.15) is 6.42 Å². The van der Waals surface area contributed by atoms with Gasteiger partial charge in [0.1, 0.15) is 0 Å². The molecule has 0 saturated heterocycles. The standard InChI is InChI=1S/C13H19N3O3/c17-5-1-4-16-9-15-12-6-10(2-3-13(12)16)14-7-11(19)8-18/h2-3,6,9,11,14,17-19H,1,4-5,7-8H2. The van der Waals surface area contributed by atoms with Crippen LogP contribution in [0.15, 0.2) is 24.5 Å². The van der Waals surface area contributed by atoms with Gasteiger partial charge in [0.15, 0.2) is 0 Å². The van der Waals surface area contributed by atoms with Crippen LogP contribution in [0, 0.1) is 0 Å². The highest BCUT2D eigenvalue weighted by Gasteiger charge is 2.05. The largest absolute Gasteiger partial charge is 0.396 e. The lowest BCUT2D eigenvalue weighted by Gasteiger charge is -2.10. The zero-order valence-electron chi connectivity index (χ0n) is 10.7. The molecule has 2 aromatic rings. The monoisotopic (exact) mass is 265 g/mol. The zero-order chi connectivity index (χ0) is 13.7. The molecule has 6 heteroatoms. The summed E-state index contributed by atoms with van der Waals surface area (Å²) in [5.74, 6) is 0. The van der Waals surface area contributed by atoms with Crippen molar-refractivity contribution in [2.75, 3.05) is 25.1 Å². The minimum atomic E-state index is -0.766. The van der Waals surface area contributed by atoms with Crippen LogP contribution < -0.4 is 5.32 Å². The highest BCUT2D eigenvalue weighted by atomic mass is 16.3. The van der Waals surface area contributed by atoms with Gasteiger partial charge in [0.25, 0.3) is 0 Å². The van der Waals surface area contributed by atoms with Crippen molar-refractivity contribution in [1.82, 2.24) is 9.55 Å². The fraction of sp³-hybridized carbons (Fsp3) is 0.462.